The third kappa shape index (κ3) is 5.21. The predicted octanol–water partition coefficient (Wildman–Crippen LogP) is 6.63. The van der Waals surface area contributed by atoms with Gasteiger partial charge in [-0.05, 0) is 66.2 Å². The van der Waals surface area contributed by atoms with Crippen LogP contribution < -0.4 is 15.0 Å². The fraction of sp³-hybridized carbons (Fsp3) is 0.0625. The van der Waals surface area contributed by atoms with Gasteiger partial charge in [-0.3, -0.25) is 4.79 Å². The second-order valence-corrected chi connectivity index (χ2v) is 9.71. The molecule has 1 N–H and O–H groups in total. The van der Waals surface area contributed by atoms with Crippen LogP contribution in [-0.2, 0) is 6.61 Å². The number of carbonyl (C=O) groups is 1. The molecule has 0 aliphatic rings. The van der Waals surface area contributed by atoms with Gasteiger partial charge in [0.2, 0.25) is 5.82 Å². The molecule has 0 unspecified atom stereocenters. The summed E-state index contributed by atoms with van der Waals surface area (Å²) in [6, 6.07) is 25.6. The number of furan rings is 1. The predicted molar refractivity (Wildman–Crippen MR) is 160 cm³/mol. The van der Waals surface area contributed by atoms with Crippen molar-refractivity contribution < 1.29 is 23.8 Å². The number of aromatic nitrogens is 2. The molecule has 0 radical (unpaired) electrons. The fourth-order valence-electron chi connectivity index (χ4n) is 4.49. The number of para-hydroxylation sites is 1. The van der Waals surface area contributed by atoms with Crippen LogP contribution in [0.15, 0.2) is 105 Å². The first kappa shape index (κ1) is 26.8. The number of ether oxygens (including phenoxy) is 2. The summed E-state index contributed by atoms with van der Waals surface area (Å²) in [6.07, 6.45) is 1.47. The van der Waals surface area contributed by atoms with Crippen LogP contribution in [0.4, 0.5) is 0 Å². The number of hydrogen-bond donors (Lipinski definition) is 1. The molecule has 42 heavy (non-hydrogen) atoms. The molecule has 4 aromatic carbocycles. The van der Waals surface area contributed by atoms with E-state index in [0.717, 1.165) is 10.9 Å². The number of fused-ring (bicyclic) bond motifs is 2. The molecule has 6 aromatic rings. The Morgan fingerprint density at radius 3 is 2.60 bits per heavy atom. The maximum Gasteiger partial charge on any atom is 0.335 e. The zero-order chi connectivity index (χ0) is 29.2. The normalized spacial score (nSPS) is 11.4. The molecule has 0 saturated heterocycles. The Balaban J connectivity index is 1.41. The van der Waals surface area contributed by atoms with Gasteiger partial charge in [0.05, 0.1) is 35.2 Å². The smallest absolute Gasteiger partial charge is 0.335 e. The molecule has 0 bridgehead atoms. The van der Waals surface area contributed by atoms with Crippen LogP contribution in [0.2, 0.25) is 5.02 Å². The summed E-state index contributed by atoms with van der Waals surface area (Å²) >= 11 is 6.29. The molecule has 0 spiro atoms. The molecule has 2 aromatic heterocycles. The first-order chi connectivity index (χ1) is 20.4. The second kappa shape index (κ2) is 11.2. The van der Waals surface area contributed by atoms with E-state index in [1.165, 1.54) is 23.0 Å². The number of benzene rings is 4. The van der Waals surface area contributed by atoms with E-state index in [0.29, 0.717) is 44.3 Å². The molecule has 0 aliphatic carbocycles. The first-order valence-electron chi connectivity index (χ1n) is 12.8. The van der Waals surface area contributed by atoms with Crippen molar-refractivity contribution in [3.8, 4) is 23.1 Å². The lowest BCUT2D eigenvalue weighted by Gasteiger charge is -2.11. The lowest BCUT2D eigenvalue weighted by molar-refractivity contribution is 0.0697. The summed E-state index contributed by atoms with van der Waals surface area (Å²) in [7, 11) is 1.58. The molecule has 208 valence electrons. The molecule has 0 atom stereocenters. The summed E-state index contributed by atoms with van der Waals surface area (Å²) in [4.78, 5) is 29.5. The van der Waals surface area contributed by atoms with Crippen molar-refractivity contribution in [1.82, 2.24) is 9.66 Å². The average molecular weight is 580 g/mol. The van der Waals surface area contributed by atoms with Crippen LogP contribution >= 0.6 is 11.6 Å². The minimum atomic E-state index is -1.00. The number of nitrogens with zero attached hydrogens (tertiary/aromatic N) is 3. The van der Waals surface area contributed by atoms with Gasteiger partial charge in [-0.1, -0.05) is 41.9 Å². The van der Waals surface area contributed by atoms with Crippen molar-refractivity contribution in [3.05, 3.63) is 123 Å². The molecule has 0 aliphatic heterocycles. The molecule has 10 heteroatoms. The highest BCUT2D eigenvalue weighted by molar-refractivity contribution is 6.30. The zero-order valence-electron chi connectivity index (χ0n) is 22.2. The number of halogens is 1. The second-order valence-electron chi connectivity index (χ2n) is 9.27. The quantitative estimate of drug-likeness (QED) is 0.201. The van der Waals surface area contributed by atoms with E-state index in [9.17, 15) is 9.59 Å². The molecular formula is C32H22ClN3O6. The number of carboxylic acids is 1. The molecular weight excluding hydrogens is 558 g/mol. The maximum atomic E-state index is 13.7. The van der Waals surface area contributed by atoms with Crippen LogP contribution in [0.1, 0.15) is 21.5 Å². The summed E-state index contributed by atoms with van der Waals surface area (Å²) in [5, 5.41) is 15.2. The van der Waals surface area contributed by atoms with E-state index in [2.05, 4.69) is 5.10 Å². The number of aromatic carboxylic acids is 1. The highest BCUT2D eigenvalue weighted by Gasteiger charge is 2.18. The van der Waals surface area contributed by atoms with Gasteiger partial charge in [-0.25, -0.2) is 9.78 Å². The van der Waals surface area contributed by atoms with Gasteiger partial charge in [-0.2, -0.15) is 9.78 Å². The van der Waals surface area contributed by atoms with Gasteiger partial charge in [0.15, 0.2) is 5.76 Å². The van der Waals surface area contributed by atoms with E-state index in [1.807, 2.05) is 12.1 Å². The average Bonchev–Trinajstić information content (AvgIpc) is 3.45. The van der Waals surface area contributed by atoms with Crippen molar-refractivity contribution in [3.63, 3.8) is 0 Å². The zero-order valence-corrected chi connectivity index (χ0v) is 22.9. The van der Waals surface area contributed by atoms with Crippen LogP contribution in [0.3, 0.4) is 0 Å². The van der Waals surface area contributed by atoms with Crippen molar-refractivity contribution in [2.24, 2.45) is 5.10 Å². The third-order valence-electron chi connectivity index (χ3n) is 6.59. The summed E-state index contributed by atoms with van der Waals surface area (Å²) in [6.45, 7) is 0.173. The van der Waals surface area contributed by atoms with E-state index >= 15 is 0 Å². The highest BCUT2D eigenvalue weighted by atomic mass is 35.5. The minimum Gasteiger partial charge on any atom is -0.496 e. The summed E-state index contributed by atoms with van der Waals surface area (Å²) < 4.78 is 18.8. The first-order valence-corrected chi connectivity index (χ1v) is 13.2. The Hall–Kier alpha value is -5.41. The van der Waals surface area contributed by atoms with Gasteiger partial charge in [0.25, 0.3) is 5.56 Å². The van der Waals surface area contributed by atoms with Crippen LogP contribution in [0.25, 0.3) is 33.5 Å². The Morgan fingerprint density at radius 2 is 1.81 bits per heavy atom. The number of methoxy groups -OCH3 is 1. The molecule has 6 rings (SSSR count). The highest BCUT2D eigenvalue weighted by Crippen LogP contribution is 2.33. The Labute approximate surface area is 243 Å². The molecule has 0 fully saturated rings. The number of rotatable bonds is 8. The standard InChI is InChI=1S/C32H22ClN3O6/c1-40-27-7-4-8-28-24(27)16-29(42-28)30-35-25-6-3-2-5-23(25)31(37)36(30)34-17-21-15-22(33)13-14-26(21)41-18-19-9-11-20(12-10-19)32(38)39/h2-17H,18H2,1H3,(H,38,39). The van der Waals surface area contributed by atoms with Crippen LogP contribution in [-0.4, -0.2) is 34.1 Å². The Bertz CT molecular complexity index is 2050. The van der Waals surface area contributed by atoms with Gasteiger partial charge < -0.3 is 19.0 Å². The molecule has 0 saturated carbocycles. The van der Waals surface area contributed by atoms with E-state index in [1.54, 1.807) is 73.8 Å². The minimum absolute atomic E-state index is 0.173. The molecule has 0 amide bonds. The van der Waals surface area contributed by atoms with Crippen molar-refractivity contribution in [2.75, 3.05) is 7.11 Å². The van der Waals surface area contributed by atoms with Crippen molar-refractivity contribution in [2.45, 2.75) is 6.61 Å². The SMILES string of the molecule is COc1cccc2oc(-c3nc4ccccc4c(=O)n3N=Cc3cc(Cl)ccc3OCc3ccc(C(=O)O)cc3)cc12. The third-order valence-corrected chi connectivity index (χ3v) is 6.83. The summed E-state index contributed by atoms with van der Waals surface area (Å²) in [5.74, 6) is 0.623. The monoisotopic (exact) mass is 579 g/mol. The van der Waals surface area contributed by atoms with Crippen LogP contribution in [0, 0.1) is 0 Å². The number of carboxylic acid groups (broad SMARTS) is 1. The largest absolute Gasteiger partial charge is 0.496 e. The van der Waals surface area contributed by atoms with E-state index in [4.69, 9.17) is 35.6 Å². The lowest BCUT2D eigenvalue weighted by atomic mass is 10.1. The van der Waals surface area contributed by atoms with Crippen molar-refractivity contribution in [1.29, 1.82) is 0 Å². The Kier molecular flexibility index (Phi) is 7.16. The van der Waals surface area contributed by atoms with E-state index < -0.39 is 5.97 Å². The maximum absolute atomic E-state index is 13.7. The molecule has 2 heterocycles. The Morgan fingerprint density at radius 1 is 1.00 bits per heavy atom. The van der Waals surface area contributed by atoms with Gasteiger partial charge in [0.1, 0.15) is 23.7 Å². The van der Waals surface area contributed by atoms with Crippen LogP contribution in [0.5, 0.6) is 11.5 Å². The van der Waals surface area contributed by atoms with Gasteiger partial charge in [0, 0.05) is 10.6 Å². The fourth-order valence-corrected chi connectivity index (χ4v) is 4.67. The van der Waals surface area contributed by atoms with Gasteiger partial charge >= 0.3 is 5.97 Å². The number of hydrogen-bond acceptors (Lipinski definition) is 7. The molecule has 9 nitrogen and oxygen atoms in total. The van der Waals surface area contributed by atoms with E-state index in [-0.39, 0.29) is 23.6 Å². The topological polar surface area (TPSA) is 116 Å². The lowest BCUT2D eigenvalue weighted by Crippen LogP contribution is -2.20. The van der Waals surface area contributed by atoms with Crippen molar-refractivity contribution >= 4 is 45.7 Å². The van der Waals surface area contributed by atoms with Gasteiger partial charge in [-0.15, -0.1) is 0 Å². The summed E-state index contributed by atoms with van der Waals surface area (Å²) in [5.41, 5.74) is 2.16.